The standard InChI is InChI=1S/C14H28N4O/c1-3-17(4-2)14(19)12-16-7-9-18(10-8-16)13-5-6-15-11-13/h13,15H,3-12H2,1-2H3. The van der Waals surface area contributed by atoms with Crippen molar-refractivity contribution in [2.75, 3.05) is 58.9 Å². The van der Waals surface area contributed by atoms with Crippen molar-refractivity contribution in [1.82, 2.24) is 20.0 Å². The van der Waals surface area contributed by atoms with E-state index in [1.807, 2.05) is 18.7 Å². The summed E-state index contributed by atoms with van der Waals surface area (Å²) in [5.41, 5.74) is 0. The molecule has 2 fully saturated rings. The van der Waals surface area contributed by atoms with E-state index in [0.29, 0.717) is 6.54 Å². The van der Waals surface area contributed by atoms with E-state index in [0.717, 1.165) is 58.4 Å². The van der Waals surface area contributed by atoms with Gasteiger partial charge in [0.1, 0.15) is 0 Å². The van der Waals surface area contributed by atoms with Crippen molar-refractivity contribution in [3.8, 4) is 0 Å². The second kappa shape index (κ2) is 7.22. The SMILES string of the molecule is CCN(CC)C(=O)CN1CCN(C2CCNC2)CC1. The molecule has 5 nitrogen and oxygen atoms in total. The zero-order chi connectivity index (χ0) is 13.7. The van der Waals surface area contributed by atoms with Crippen LogP contribution in [0.5, 0.6) is 0 Å². The summed E-state index contributed by atoms with van der Waals surface area (Å²) in [6.07, 6.45) is 1.28. The number of rotatable bonds is 5. The van der Waals surface area contributed by atoms with Crippen molar-refractivity contribution < 1.29 is 4.79 Å². The lowest BCUT2D eigenvalue weighted by Crippen LogP contribution is -2.53. The van der Waals surface area contributed by atoms with Gasteiger partial charge in [-0.05, 0) is 26.8 Å². The zero-order valence-electron chi connectivity index (χ0n) is 12.4. The molecule has 0 aromatic heterocycles. The minimum atomic E-state index is 0.279. The Kier molecular flexibility index (Phi) is 5.60. The second-order valence-corrected chi connectivity index (χ2v) is 5.52. The number of nitrogens with zero attached hydrogens (tertiary/aromatic N) is 3. The molecule has 0 bridgehead atoms. The van der Waals surface area contributed by atoms with Crippen molar-refractivity contribution >= 4 is 5.91 Å². The molecular formula is C14H28N4O. The van der Waals surface area contributed by atoms with Gasteiger partial charge in [0, 0.05) is 51.9 Å². The molecule has 2 aliphatic heterocycles. The Balaban J connectivity index is 1.72. The van der Waals surface area contributed by atoms with Gasteiger partial charge in [0.15, 0.2) is 0 Å². The van der Waals surface area contributed by atoms with Gasteiger partial charge in [-0.3, -0.25) is 14.6 Å². The molecule has 0 saturated carbocycles. The average molecular weight is 268 g/mol. The molecule has 5 heteroatoms. The number of carbonyl (C=O) groups is 1. The van der Waals surface area contributed by atoms with Gasteiger partial charge in [-0.2, -0.15) is 0 Å². The first-order chi connectivity index (χ1) is 9.24. The highest BCUT2D eigenvalue weighted by atomic mass is 16.2. The Hall–Kier alpha value is -0.650. The highest BCUT2D eigenvalue weighted by Crippen LogP contribution is 2.12. The molecule has 1 N–H and O–H groups in total. The Morgan fingerprint density at radius 1 is 1.21 bits per heavy atom. The summed E-state index contributed by atoms with van der Waals surface area (Å²) in [5.74, 6) is 0.279. The summed E-state index contributed by atoms with van der Waals surface area (Å²) in [6.45, 7) is 12.9. The fourth-order valence-corrected chi connectivity index (χ4v) is 3.11. The van der Waals surface area contributed by atoms with Gasteiger partial charge < -0.3 is 10.2 Å². The molecule has 2 heterocycles. The highest BCUT2D eigenvalue weighted by Gasteiger charge is 2.27. The molecule has 0 aliphatic carbocycles. The molecule has 2 aliphatic rings. The summed E-state index contributed by atoms with van der Waals surface area (Å²) in [7, 11) is 0. The van der Waals surface area contributed by atoms with Gasteiger partial charge in [-0.1, -0.05) is 0 Å². The van der Waals surface area contributed by atoms with Crippen LogP contribution in [0.15, 0.2) is 0 Å². The van der Waals surface area contributed by atoms with Crippen LogP contribution in [0.1, 0.15) is 20.3 Å². The molecule has 0 spiro atoms. The first-order valence-corrected chi connectivity index (χ1v) is 7.69. The minimum absolute atomic E-state index is 0.279. The third-order valence-corrected chi connectivity index (χ3v) is 4.43. The van der Waals surface area contributed by atoms with Crippen LogP contribution < -0.4 is 5.32 Å². The first kappa shape index (κ1) is 14.8. The fourth-order valence-electron chi connectivity index (χ4n) is 3.11. The van der Waals surface area contributed by atoms with E-state index in [4.69, 9.17) is 0 Å². The summed E-state index contributed by atoms with van der Waals surface area (Å²) in [6, 6.07) is 0.723. The lowest BCUT2D eigenvalue weighted by atomic mass is 10.2. The third-order valence-electron chi connectivity index (χ3n) is 4.43. The van der Waals surface area contributed by atoms with Crippen LogP contribution in [0.3, 0.4) is 0 Å². The number of nitrogens with one attached hydrogen (secondary N) is 1. The predicted molar refractivity (Wildman–Crippen MR) is 77.2 cm³/mol. The van der Waals surface area contributed by atoms with Gasteiger partial charge in [-0.25, -0.2) is 0 Å². The molecule has 0 aromatic rings. The molecule has 0 radical (unpaired) electrons. The van der Waals surface area contributed by atoms with E-state index < -0.39 is 0 Å². The second-order valence-electron chi connectivity index (χ2n) is 5.52. The van der Waals surface area contributed by atoms with E-state index >= 15 is 0 Å². The monoisotopic (exact) mass is 268 g/mol. The molecule has 110 valence electrons. The summed E-state index contributed by atoms with van der Waals surface area (Å²) in [4.78, 5) is 18.9. The Bertz CT molecular complexity index is 279. The molecule has 2 rings (SSSR count). The first-order valence-electron chi connectivity index (χ1n) is 7.69. The number of hydrogen-bond donors (Lipinski definition) is 1. The van der Waals surface area contributed by atoms with Gasteiger partial charge in [0.2, 0.25) is 5.91 Å². The quantitative estimate of drug-likeness (QED) is 0.752. The topological polar surface area (TPSA) is 38.8 Å². The van der Waals surface area contributed by atoms with Crippen LogP contribution in [0.4, 0.5) is 0 Å². The highest BCUT2D eigenvalue weighted by molar-refractivity contribution is 5.78. The van der Waals surface area contributed by atoms with Crippen molar-refractivity contribution in [1.29, 1.82) is 0 Å². The normalized spacial score (nSPS) is 25.7. The number of likely N-dealkylation sites (N-methyl/N-ethyl adjacent to an activating group) is 1. The lowest BCUT2D eigenvalue weighted by Gasteiger charge is -2.38. The van der Waals surface area contributed by atoms with Crippen LogP contribution in [0.25, 0.3) is 0 Å². The molecule has 0 aromatic carbocycles. The fraction of sp³-hybridized carbons (Fsp3) is 0.929. The maximum atomic E-state index is 12.1. The van der Waals surface area contributed by atoms with Gasteiger partial charge in [0.05, 0.1) is 6.54 Å². The molecule has 19 heavy (non-hydrogen) atoms. The lowest BCUT2D eigenvalue weighted by molar-refractivity contribution is -0.132. The largest absolute Gasteiger partial charge is 0.342 e. The van der Waals surface area contributed by atoms with Gasteiger partial charge in [-0.15, -0.1) is 0 Å². The predicted octanol–water partition coefficient (Wildman–Crippen LogP) is -0.166. The smallest absolute Gasteiger partial charge is 0.236 e. The minimum Gasteiger partial charge on any atom is -0.342 e. The number of carbonyl (C=O) groups excluding carboxylic acids is 1. The summed E-state index contributed by atoms with van der Waals surface area (Å²) < 4.78 is 0. The van der Waals surface area contributed by atoms with E-state index in [1.165, 1.54) is 6.42 Å². The Labute approximate surface area is 116 Å². The van der Waals surface area contributed by atoms with E-state index in [9.17, 15) is 4.79 Å². The maximum Gasteiger partial charge on any atom is 0.236 e. The van der Waals surface area contributed by atoms with Gasteiger partial charge >= 0.3 is 0 Å². The van der Waals surface area contributed by atoms with Crippen LogP contribution in [-0.2, 0) is 4.79 Å². The number of piperazine rings is 1. The molecule has 1 unspecified atom stereocenters. The summed E-state index contributed by atoms with van der Waals surface area (Å²) in [5, 5.41) is 3.43. The van der Waals surface area contributed by atoms with Crippen molar-refractivity contribution in [2.45, 2.75) is 26.3 Å². The summed E-state index contributed by atoms with van der Waals surface area (Å²) >= 11 is 0. The zero-order valence-corrected chi connectivity index (χ0v) is 12.4. The number of hydrogen-bond acceptors (Lipinski definition) is 4. The van der Waals surface area contributed by atoms with Crippen molar-refractivity contribution in [3.63, 3.8) is 0 Å². The molecule has 1 atom stereocenters. The van der Waals surface area contributed by atoms with Crippen LogP contribution >= 0.6 is 0 Å². The van der Waals surface area contributed by atoms with Crippen molar-refractivity contribution in [3.05, 3.63) is 0 Å². The van der Waals surface area contributed by atoms with Crippen LogP contribution in [-0.4, -0.2) is 85.6 Å². The Morgan fingerprint density at radius 3 is 2.42 bits per heavy atom. The van der Waals surface area contributed by atoms with E-state index in [1.54, 1.807) is 0 Å². The van der Waals surface area contributed by atoms with E-state index in [2.05, 4.69) is 15.1 Å². The van der Waals surface area contributed by atoms with Crippen molar-refractivity contribution in [2.24, 2.45) is 0 Å². The Morgan fingerprint density at radius 2 is 1.89 bits per heavy atom. The van der Waals surface area contributed by atoms with Gasteiger partial charge in [0.25, 0.3) is 0 Å². The van der Waals surface area contributed by atoms with E-state index in [-0.39, 0.29) is 5.91 Å². The molecule has 1 amide bonds. The third kappa shape index (κ3) is 3.91. The maximum absolute atomic E-state index is 12.1. The average Bonchev–Trinajstić information content (AvgIpc) is 2.95. The molecular weight excluding hydrogens is 240 g/mol. The van der Waals surface area contributed by atoms with Crippen LogP contribution in [0, 0.1) is 0 Å². The molecule has 2 saturated heterocycles. The number of amides is 1. The van der Waals surface area contributed by atoms with Crippen LogP contribution in [0.2, 0.25) is 0 Å².